The van der Waals surface area contributed by atoms with Crippen LogP contribution in [-0.4, -0.2) is 64.6 Å². The van der Waals surface area contributed by atoms with Gasteiger partial charge in [-0.25, -0.2) is 4.79 Å². The fourth-order valence-electron chi connectivity index (χ4n) is 1.52. The Kier molecular flexibility index (Phi) is 9.02. The van der Waals surface area contributed by atoms with Crippen molar-refractivity contribution in [2.45, 2.75) is 13.0 Å². The van der Waals surface area contributed by atoms with Crippen molar-refractivity contribution in [2.75, 3.05) is 12.0 Å². The van der Waals surface area contributed by atoms with Crippen molar-refractivity contribution in [2.24, 2.45) is 0 Å². The Morgan fingerprint density at radius 1 is 1.47 bits per heavy atom. The van der Waals surface area contributed by atoms with Gasteiger partial charge in [0.05, 0.1) is 11.1 Å². The van der Waals surface area contributed by atoms with E-state index in [0.29, 0.717) is 4.47 Å². The Morgan fingerprint density at radius 2 is 2.11 bits per heavy atom. The summed E-state index contributed by atoms with van der Waals surface area (Å²) in [6.07, 6.45) is 1.95. The van der Waals surface area contributed by atoms with Crippen molar-refractivity contribution >= 4 is 69.1 Å². The summed E-state index contributed by atoms with van der Waals surface area (Å²) in [7, 11) is 0. The molecular weight excluding hydrogens is 341 g/mol. The topological polar surface area (TPSA) is 66.4 Å². The minimum absolute atomic E-state index is 0. The van der Waals surface area contributed by atoms with Crippen LogP contribution in [0.1, 0.15) is 27.6 Å². The molecule has 0 heterocycles. The number of nitrogens with one attached hydrogen (secondary N) is 1. The van der Waals surface area contributed by atoms with E-state index < -0.39 is 5.97 Å². The van der Waals surface area contributed by atoms with Crippen molar-refractivity contribution in [1.82, 2.24) is 5.32 Å². The van der Waals surface area contributed by atoms with E-state index in [1.54, 1.807) is 23.9 Å². The quantitative estimate of drug-likeness (QED) is 0.792. The van der Waals surface area contributed by atoms with Gasteiger partial charge in [0, 0.05) is 16.3 Å². The standard InChI is InChI=1S/C12H14BrNO3S.Na.H/c1-7(6-18-2)14-11(15)10-8(12(16)17)4-3-5-9(10)13;;/h3-5,7H,6H2,1-2H3,(H,14,15)(H,16,17);;/t7-;;/m0../s1. The molecule has 1 aromatic carbocycles. The second-order valence-corrected chi connectivity index (χ2v) is 5.56. The molecule has 0 aliphatic rings. The third-order valence-corrected chi connectivity index (χ3v) is 3.76. The average Bonchev–Trinajstić information content (AvgIpc) is 2.28. The molecule has 4 nitrogen and oxygen atoms in total. The fourth-order valence-corrected chi connectivity index (χ4v) is 2.65. The molecule has 0 aromatic heterocycles. The van der Waals surface area contributed by atoms with Crippen molar-refractivity contribution in [1.29, 1.82) is 0 Å². The van der Waals surface area contributed by atoms with Crippen LogP contribution >= 0.6 is 27.7 Å². The van der Waals surface area contributed by atoms with Crippen LogP contribution < -0.4 is 5.32 Å². The molecule has 0 bridgehead atoms. The molecule has 0 aliphatic heterocycles. The summed E-state index contributed by atoms with van der Waals surface area (Å²) in [5.74, 6) is -0.709. The maximum absolute atomic E-state index is 12.1. The number of carbonyl (C=O) groups excluding carboxylic acids is 1. The molecule has 1 atom stereocenters. The average molecular weight is 356 g/mol. The number of carboxylic acid groups (broad SMARTS) is 1. The monoisotopic (exact) mass is 355 g/mol. The van der Waals surface area contributed by atoms with Gasteiger partial charge in [-0.15, -0.1) is 0 Å². The molecule has 1 aromatic rings. The van der Waals surface area contributed by atoms with Gasteiger partial charge in [-0.2, -0.15) is 11.8 Å². The number of rotatable bonds is 5. The van der Waals surface area contributed by atoms with E-state index in [-0.39, 0.29) is 52.6 Å². The number of benzene rings is 1. The Morgan fingerprint density at radius 3 is 2.63 bits per heavy atom. The molecule has 0 saturated heterocycles. The number of hydrogen-bond donors (Lipinski definition) is 2. The van der Waals surface area contributed by atoms with Crippen LogP contribution in [0, 0.1) is 0 Å². The summed E-state index contributed by atoms with van der Waals surface area (Å²) in [6, 6.07) is 4.65. The van der Waals surface area contributed by atoms with Crippen LogP contribution in [0.2, 0.25) is 0 Å². The van der Waals surface area contributed by atoms with Crippen LogP contribution in [0.4, 0.5) is 0 Å². The van der Waals surface area contributed by atoms with E-state index in [2.05, 4.69) is 21.2 Å². The zero-order valence-electron chi connectivity index (χ0n) is 10.1. The van der Waals surface area contributed by atoms with Gasteiger partial charge >= 0.3 is 35.5 Å². The van der Waals surface area contributed by atoms with Crippen molar-refractivity contribution in [3.63, 3.8) is 0 Å². The summed E-state index contributed by atoms with van der Waals surface area (Å²) in [5, 5.41) is 11.9. The Balaban J connectivity index is 0.00000324. The fraction of sp³-hybridized carbons (Fsp3) is 0.333. The molecule has 0 radical (unpaired) electrons. The Hall–Kier alpha value is -0.0100. The van der Waals surface area contributed by atoms with Gasteiger partial charge in [0.1, 0.15) is 0 Å². The zero-order valence-corrected chi connectivity index (χ0v) is 12.5. The second-order valence-electron chi connectivity index (χ2n) is 3.80. The van der Waals surface area contributed by atoms with Gasteiger partial charge in [-0.3, -0.25) is 4.79 Å². The van der Waals surface area contributed by atoms with Crippen molar-refractivity contribution < 1.29 is 14.7 Å². The number of carboxylic acids is 1. The van der Waals surface area contributed by atoms with Gasteiger partial charge in [0.25, 0.3) is 5.91 Å². The molecule has 0 fully saturated rings. The Labute approximate surface area is 147 Å². The van der Waals surface area contributed by atoms with E-state index in [1.165, 1.54) is 6.07 Å². The molecule has 1 amide bonds. The van der Waals surface area contributed by atoms with Gasteiger partial charge in [0.2, 0.25) is 0 Å². The van der Waals surface area contributed by atoms with Crippen LogP contribution in [0.15, 0.2) is 22.7 Å². The predicted octanol–water partition coefficient (Wildman–Crippen LogP) is 1.98. The third kappa shape index (κ3) is 5.47. The van der Waals surface area contributed by atoms with E-state index in [4.69, 9.17) is 5.11 Å². The Bertz CT molecular complexity index is 470. The number of aromatic carboxylic acids is 1. The first-order valence-electron chi connectivity index (χ1n) is 5.29. The number of halogens is 1. The molecule has 1 rings (SSSR count). The van der Waals surface area contributed by atoms with E-state index in [1.807, 2.05) is 13.2 Å². The molecule has 19 heavy (non-hydrogen) atoms. The van der Waals surface area contributed by atoms with Crippen LogP contribution in [0.25, 0.3) is 0 Å². The van der Waals surface area contributed by atoms with Crippen molar-refractivity contribution in [3.8, 4) is 0 Å². The minimum atomic E-state index is -1.11. The zero-order chi connectivity index (χ0) is 13.7. The maximum atomic E-state index is 12.1. The predicted molar refractivity (Wildman–Crippen MR) is 83.6 cm³/mol. The number of carbonyl (C=O) groups is 2. The summed E-state index contributed by atoms with van der Waals surface area (Å²) in [5.41, 5.74) is 0.163. The first kappa shape index (κ1) is 19.0. The van der Waals surface area contributed by atoms with Gasteiger partial charge in [0.15, 0.2) is 0 Å². The SMILES string of the molecule is CSC[C@H](C)NC(=O)c1c(Br)cccc1C(=O)O.[NaH]. The number of amides is 1. The second kappa shape index (κ2) is 9.02. The molecular formula is C12H15BrNNaO3S. The summed E-state index contributed by atoms with van der Waals surface area (Å²) >= 11 is 4.83. The van der Waals surface area contributed by atoms with E-state index in [0.717, 1.165) is 5.75 Å². The first-order valence-corrected chi connectivity index (χ1v) is 7.47. The van der Waals surface area contributed by atoms with Gasteiger partial charge in [-0.1, -0.05) is 6.07 Å². The van der Waals surface area contributed by atoms with E-state index in [9.17, 15) is 9.59 Å². The van der Waals surface area contributed by atoms with Gasteiger partial charge < -0.3 is 10.4 Å². The molecule has 2 N–H and O–H groups in total. The number of thioether (sulfide) groups is 1. The van der Waals surface area contributed by atoms with Crippen molar-refractivity contribution in [3.05, 3.63) is 33.8 Å². The molecule has 0 unspecified atom stereocenters. The summed E-state index contributed by atoms with van der Waals surface area (Å²) in [4.78, 5) is 23.1. The van der Waals surface area contributed by atoms with Gasteiger partial charge in [-0.05, 0) is 41.2 Å². The molecule has 0 aliphatic carbocycles. The third-order valence-electron chi connectivity index (χ3n) is 2.27. The van der Waals surface area contributed by atoms with E-state index >= 15 is 0 Å². The number of hydrogen-bond acceptors (Lipinski definition) is 3. The van der Waals surface area contributed by atoms with Crippen LogP contribution in [-0.2, 0) is 0 Å². The molecule has 0 spiro atoms. The van der Waals surface area contributed by atoms with Crippen LogP contribution in [0.3, 0.4) is 0 Å². The summed E-state index contributed by atoms with van der Waals surface area (Å²) in [6.45, 7) is 1.88. The normalized spacial score (nSPS) is 11.3. The molecule has 100 valence electrons. The first-order chi connectivity index (χ1) is 8.47. The van der Waals surface area contributed by atoms with Crippen LogP contribution in [0.5, 0.6) is 0 Å². The molecule has 7 heteroatoms. The molecule has 0 saturated carbocycles. The summed E-state index contributed by atoms with van der Waals surface area (Å²) < 4.78 is 0.483.